The molecule has 0 saturated heterocycles. The molecule has 0 radical (unpaired) electrons. The maximum absolute atomic E-state index is 12.3. The number of halogens is 1. The Labute approximate surface area is 174 Å². The van der Waals surface area contributed by atoms with Crippen LogP contribution >= 0.6 is 11.6 Å². The number of benzene rings is 1. The molecule has 2 heterocycles. The Hall–Kier alpha value is -3.45. The van der Waals surface area contributed by atoms with Crippen molar-refractivity contribution in [3.8, 4) is 0 Å². The standard InChI is InChI=1S/C21H21ClN6O/c1-13-8-18(6-7-24-13)27-19-12-25-20(10-16(19)11-23)28-21(29)26-14(2)15-4-3-5-17(22)9-15/h3-12,14,23H,1-2H3,(H,24,27)(H2,25,26,28,29). The first-order valence-corrected chi connectivity index (χ1v) is 9.35. The molecule has 3 aromatic rings. The Morgan fingerprint density at radius 3 is 2.76 bits per heavy atom. The lowest BCUT2D eigenvalue weighted by Gasteiger charge is -2.16. The summed E-state index contributed by atoms with van der Waals surface area (Å²) in [7, 11) is 0. The number of amides is 2. The molecule has 0 bridgehead atoms. The van der Waals surface area contributed by atoms with Gasteiger partial charge in [-0.2, -0.15) is 0 Å². The van der Waals surface area contributed by atoms with E-state index in [1.54, 1.807) is 30.6 Å². The Bertz CT molecular complexity index is 1040. The molecule has 2 amide bonds. The molecule has 3 rings (SSSR count). The average Bonchev–Trinajstić information content (AvgIpc) is 2.69. The van der Waals surface area contributed by atoms with Crippen molar-refractivity contribution in [1.82, 2.24) is 15.3 Å². The van der Waals surface area contributed by atoms with E-state index in [0.29, 0.717) is 22.1 Å². The maximum Gasteiger partial charge on any atom is 0.320 e. The van der Waals surface area contributed by atoms with E-state index in [1.807, 2.05) is 38.1 Å². The number of hydrogen-bond donors (Lipinski definition) is 4. The average molecular weight is 409 g/mol. The Morgan fingerprint density at radius 2 is 2.03 bits per heavy atom. The molecule has 1 unspecified atom stereocenters. The quantitative estimate of drug-likeness (QED) is 0.428. The largest absolute Gasteiger partial charge is 0.354 e. The fourth-order valence-corrected chi connectivity index (χ4v) is 2.95. The third-order valence-electron chi connectivity index (χ3n) is 4.20. The lowest BCUT2D eigenvalue weighted by Crippen LogP contribution is -2.31. The molecule has 1 atom stereocenters. The second kappa shape index (κ2) is 9.16. The molecule has 0 saturated carbocycles. The van der Waals surface area contributed by atoms with Crippen LogP contribution in [0, 0.1) is 12.3 Å². The summed E-state index contributed by atoms with van der Waals surface area (Å²) in [5.74, 6) is 0.343. The zero-order chi connectivity index (χ0) is 20.8. The fraction of sp³-hybridized carbons (Fsp3) is 0.143. The molecule has 0 aliphatic heterocycles. The van der Waals surface area contributed by atoms with Crippen molar-refractivity contribution in [2.75, 3.05) is 10.6 Å². The number of anilines is 3. The Kier molecular flexibility index (Phi) is 6.41. The van der Waals surface area contributed by atoms with Gasteiger partial charge in [0.1, 0.15) is 5.82 Å². The summed E-state index contributed by atoms with van der Waals surface area (Å²) < 4.78 is 0. The van der Waals surface area contributed by atoms with Gasteiger partial charge in [-0.05, 0) is 49.7 Å². The first-order valence-electron chi connectivity index (χ1n) is 8.98. The minimum absolute atomic E-state index is 0.230. The molecule has 1 aromatic carbocycles. The number of nitrogens with one attached hydrogen (secondary N) is 4. The molecule has 8 heteroatoms. The van der Waals surface area contributed by atoms with Crippen LogP contribution in [0.1, 0.15) is 29.8 Å². The summed E-state index contributed by atoms with van der Waals surface area (Å²) in [4.78, 5) is 20.7. The van der Waals surface area contributed by atoms with E-state index < -0.39 is 6.03 Å². The number of pyridine rings is 2. The number of urea groups is 1. The normalized spacial score (nSPS) is 11.4. The number of nitrogens with zero attached hydrogens (tertiary/aromatic N) is 2. The molecular weight excluding hydrogens is 388 g/mol. The van der Waals surface area contributed by atoms with Crippen LogP contribution in [0.2, 0.25) is 5.02 Å². The van der Waals surface area contributed by atoms with Crippen LogP contribution in [0.4, 0.5) is 22.0 Å². The van der Waals surface area contributed by atoms with Gasteiger partial charge in [-0.15, -0.1) is 0 Å². The summed E-state index contributed by atoms with van der Waals surface area (Å²) >= 11 is 6.00. The van der Waals surface area contributed by atoms with Crippen molar-refractivity contribution < 1.29 is 4.79 Å². The van der Waals surface area contributed by atoms with Gasteiger partial charge >= 0.3 is 6.03 Å². The smallest absolute Gasteiger partial charge is 0.320 e. The van der Waals surface area contributed by atoms with E-state index in [4.69, 9.17) is 17.0 Å². The summed E-state index contributed by atoms with van der Waals surface area (Å²) in [6, 6.07) is 12.0. The van der Waals surface area contributed by atoms with Gasteiger partial charge in [0, 0.05) is 34.4 Å². The van der Waals surface area contributed by atoms with E-state index in [2.05, 4.69) is 25.9 Å². The number of hydrogen-bond acceptors (Lipinski definition) is 5. The minimum atomic E-state index is -0.397. The lowest BCUT2D eigenvalue weighted by atomic mass is 10.1. The van der Waals surface area contributed by atoms with Crippen LogP contribution in [0.15, 0.2) is 54.9 Å². The second-order valence-corrected chi connectivity index (χ2v) is 6.92. The minimum Gasteiger partial charge on any atom is -0.354 e. The topological polar surface area (TPSA) is 103 Å². The first-order chi connectivity index (χ1) is 13.9. The summed E-state index contributed by atoms with van der Waals surface area (Å²) in [5, 5.41) is 17.0. The molecule has 0 fully saturated rings. The van der Waals surface area contributed by atoms with Gasteiger partial charge in [-0.3, -0.25) is 10.3 Å². The molecule has 7 nitrogen and oxygen atoms in total. The van der Waals surface area contributed by atoms with Crippen molar-refractivity contribution in [3.05, 3.63) is 76.7 Å². The summed E-state index contributed by atoms with van der Waals surface area (Å²) in [5.41, 5.74) is 3.86. The van der Waals surface area contributed by atoms with Gasteiger partial charge < -0.3 is 16.0 Å². The number of carbonyl (C=O) groups excluding carboxylic acids is 1. The SMILES string of the molecule is Cc1cc(Nc2cnc(NC(=O)NC(C)c3cccc(Cl)c3)cc2C=N)ccn1. The molecule has 2 aromatic heterocycles. The van der Waals surface area contributed by atoms with Crippen LogP contribution in [0.25, 0.3) is 0 Å². The highest BCUT2D eigenvalue weighted by atomic mass is 35.5. The van der Waals surface area contributed by atoms with Crippen LogP contribution < -0.4 is 16.0 Å². The molecule has 148 valence electrons. The predicted octanol–water partition coefficient (Wildman–Crippen LogP) is 5.06. The lowest BCUT2D eigenvalue weighted by molar-refractivity contribution is 0.249. The summed E-state index contributed by atoms with van der Waals surface area (Å²) in [6.07, 6.45) is 4.48. The van der Waals surface area contributed by atoms with E-state index in [9.17, 15) is 4.79 Å². The van der Waals surface area contributed by atoms with Crippen molar-refractivity contribution in [3.63, 3.8) is 0 Å². The first kappa shape index (κ1) is 20.3. The molecule has 0 aliphatic rings. The number of rotatable bonds is 6. The number of aromatic nitrogens is 2. The highest BCUT2D eigenvalue weighted by Crippen LogP contribution is 2.22. The van der Waals surface area contributed by atoms with E-state index in [0.717, 1.165) is 16.9 Å². The van der Waals surface area contributed by atoms with E-state index in [1.165, 1.54) is 6.21 Å². The number of aryl methyl sites for hydroxylation is 1. The summed E-state index contributed by atoms with van der Waals surface area (Å²) in [6.45, 7) is 3.77. The van der Waals surface area contributed by atoms with Crippen LogP contribution in [0.3, 0.4) is 0 Å². The van der Waals surface area contributed by atoms with Crippen molar-refractivity contribution >= 4 is 41.0 Å². The van der Waals surface area contributed by atoms with Crippen molar-refractivity contribution in [1.29, 1.82) is 5.41 Å². The molecule has 0 aliphatic carbocycles. The zero-order valence-corrected chi connectivity index (χ0v) is 16.8. The third-order valence-corrected chi connectivity index (χ3v) is 4.44. The van der Waals surface area contributed by atoms with Crippen LogP contribution in [-0.4, -0.2) is 22.2 Å². The zero-order valence-electron chi connectivity index (χ0n) is 16.0. The highest BCUT2D eigenvalue weighted by molar-refractivity contribution is 6.30. The third kappa shape index (κ3) is 5.52. The van der Waals surface area contributed by atoms with Gasteiger partial charge in [-0.1, -0.05) is 23.7 Å². The maximum atomic E-state index is 12.3. The monoisotopic (exact) mass is 408 g/mol. The van der Waals surface area contributed by atoms with Gasteiger partial charge in [0.15, 0.2) is 0 Å². The predicted molar refractivity (Wildman–Crippen MR) is 116 cm³/mol. The van der Waals surface area contributed by atoms with Gasteiger partial charge in [-0.25, -0.2) is 9.78 Å². The number of carbonyl (C=O) groups is 1. The molecular formula is C21H21ClN6O. The van der Waals surface area contributed by atoms with Crippen molar-refractivity contribution in [2.45, 2.75) is 19.9 Å². The van der Waals surface area contributed by atoms with Gasteiger partial charge in [0.25, 0.3) is 0 Å². The second-order valence-electron chi connectivity index (χ2n) is 6.49. The molecule has 0 spiro atoms. The molecule has 29 heavy (non-hydrogen) atoms. The van der Waals surface area contributed by atoms with E-state index in [-0.39, 0.29) is 6.04 Å². The van der Waals surface area contributed by atoms with Gasteiger partial charge in [0.05, 0.1) is 17.9 Å². The van der Waals surface area contributed by atoms with Crippen LogP contribution in [-0.2, 0) is 0 Å². The van der Waals surface area contributed by atoms with Crippen LogP contribution in [0.5, 0.6) is 0 Å². The molecule has 4 N–H and O–H groups in total. The Balaban J connectivity index is 1.68. The van der Waals surface area contributed by atoms with Gasteiger partial charge in [0.2, 0.25) is 0 Å². The fourth-order valence-electron chi connectivity index (χ4n) is 2.75. The van der Waals surface area contributed by atoms with Crippen molar-refractivity contribution in [2.24, 2.45) is 0 Å². The Morgan fingerprint density at radius 1 is 1.21 bits per heavy atom. The highest BCUT2D eigenvalue weighted by Gasteiger charge is 2.12. The van der Waals surface area contributed by atoms with E-state index >= 15 is 0 Å².